The molecule has 6 heteroatoms. The van der Waals surface area contributed by atoms with Crippen molar-refractivity contribution in [2.75, 3.05) is 19.8 Å². The summed E-state index contributed by atoms with van der Waals surface area (Å²) in [5.41, 5.74) is 0. The van der Waals surface area contributed by atoms with E-state index in [1.54, 1.807) is 0 Å². The van der Waals surface area contributed by atoms with Crippen LogP contribution in [0, 0.1) is 0 Å². The van der Waals surface area contributed by atoms with Crippen LogP contribution in [0.15, 0.2) is 0 Å². The van der Waals surface area contributed by atoms with Gasteiger partial charge in [-0.2, -0.15) is 0 Å². The maximum absolute atomic E-state index is 10.00. The third-order valence-corrected chi connectivity index (χ3v) is 4.75. The fourth-order valence-corrected chi connectivity index (χ4v) is 3.13. The van der Waals surface area contributed by atoms with E-state index in [1.165, 1.54) is 44.9 Å². The van der Waals surface area contributed by atoms with Gasteiger partial charge in [0.05, 0.1) is 13.2 Å². The van der Waals surface area contributed by atoms with Gasteiger partial charge in [-0.1, -0.05) is 64.7 Å². The molecule has 1 aliphatic heterocycles. The van der Waals surface area contributed by atoms with Gasteiger partial charge in [0.1, 0.15) is 24.9 Å². The largest absolute Gasteiger partial charge is 0.394 e. The van der Waals surface area contributed by atoms with E-state index in [1.807, 2.05) is 0 Å². The quantitative estimate of drug-likeness (QED) is 0.357. The van der Waals surface area contributed by atoms with Gasteiger partial charge in [0.15, 0.2) is 0 Å². The second-order valence-electron chi connectivity index (χ2n) is 6.77. The van der Waals surface area contributed by atoms with Gasteiger partial charge in [-0.25, -0.2) is 0 Å². The molecule has 1 saturated heterocycles. The van der Waals surface area contributed by atoms with Gasteiger partial charge >= 0.3 is 0 Å². The first kappa shape index (κ1) is 21.8. The Balaban J connectivity index is 2.09. The number of hydrogen-bond donors (Lipinski definition) is 4. The molecule has 1 aliphatic rings. The number of unbranched alkanes of at least 4 members (excludes halogenated alkanes) is 9. The smallest absolute Gasteiger partial charge is 0.221 e. The minimum absolute atomic E-state index is 0.346. The molecule has 24 heavy (non-hydrogen) atoms. The molecule has 0 aromatic heterocycles. The Morgan fingerprint density at radius 3 is 1.88 bits per heavy atom. The molecule has 0 spiro atoms. The normalized spacial score (nSPS) is 30.1. The molecule has 1 heterocycles. The van der Waals surface area contributed by atoms with E-state index in [4.69, 9.17) is 14.6 Å². The molecule has 6 nitrogen and oxygen atoms in total. The van der Waals surface area contributed by atoms with Crippen molar-refractivity contribution in [3.05, 3.63) is 0 Å². The van der Waals surface area contributed by atoms with Crippen LogP contribution in [0.25, 0.3) is 0 Å². The fraction of sp³-hybridized carbons (Fsp3) is 1.00. The molecule has 0 bridgehead atoms. The van der Waals surface area contributed by atoms with Gasteiger partial charge in [-0.05, 0) is 6.42 Å². The van der Waals surface area contributed by atoms with E-state index in [0.29, 0.717) is 6.61 Å². The Hall–Kier alpha value is -0.240. The molecular weight excluding hydrogens is 312 g/mol. The minimum Gasteiger partial charge on any atom is -0.394 e. The molecule has 4 N–H and O–H groups in total. The van der Waals surface area contributed by atoms with Gasteiger partial charge in [0, 0.05) is 0 Å². The van der Waals surface area contributed by atoms with Crippen molar-refractivity contribution in [3.8, 4) is 0 Å². The van der Waals surface area contributed by atoms with Gasteiger partial charge in [-0.15, -0.1) is 0 Å². The Bertz CT molecular complexity index is 314. The summed E-state index contributed by atoms with van der Waals surface area (Å²) in [5.74, 6) is -1.62. The molecule has 0 saturated carbocycles. The average Bonchev–Trinajstić information content (AvgIpc) is 2.84. The highest BCUT2D eigenvalue weighted by Gasteiger charge is 2.54. The first-order valence-electron chi connectivity index (χ1n) is 9.51. The van der Waals surface area contributed by atoms with Gasteiger partial charge in [0.2, 0.25) is 5.79 Å². The van der Waals surface area contributed by atoms with Crippen molar-refractivity contribution >= 4 is 0 Å². The molecule has 1 fully saturated rings. The van der Waals surface area contributed by atoms with E-state index in [9.17, 15) is 15.3 Å². The predicted molar refractivity (Wildman–Crippen MR) is 91.6 cm³/mol. The van der Waals surface area contributed by atoms with Crippen molar-refractivity contribution in [2.45, 2.75) is 95.2 Å². The summed E-state index contributed by atoms with van der Waals surface area (Å²) in [6.07, 6.45) is 8.55. The molecule has 0 aliphatic carbocycles. The Kier molecular flexibility index (Phi) is 11.1. The molecular formula is C18H36O6. The highest BCUT2D eigenvalue weighted by atomic mass is 16.7. The van der Waals surface area contributed by atoms with Crippen molar-refractivity contribution < 1.29 is 29.9 Å². The molecule has 0 unspecified atom stereocenters. The van der Waals surface area contributed by atoms with Crippen LogP contribution in [0.5, 0.6) is 0 Å². The number of aliphatic hydroxyl groups excluding tert-OH is 4. The lowest BCUT2D eigenvalue weighted by atomic mass is 10.1. The molecule has 144 valence electrons. The predicted octanol–water partition coefficient (Wildman–Crippen LogP) is 1.73. The Labute approximate surface area is 145 Å². The lowest BCUT2D eigenvalue weighted by molar-refractivity contribution is -0.276. The van der Waals surface area contributed by atoms with Crippen LogP contribution in [-0.2, 0) is 9.47 Å². The van der Waals surface area contributed by atoms with E-state index in [0.717, 1.165) is 19.3 Å². The maximum Gasteiger partial charge on any atom is 0.221 e. The minimum atomic E-state index is -1.62. The standard InChI is InChI=1S/C18H36O6/c1-2-3-4-5-6-7-8-9-10-11-12-23-18(14-20)17(22)16(21)15(13-19)24-18/h15-17,19-22H,2-14H2,1H3/t15-,16-,17+,18-/m1/s1. The van der Waals surface area contributed by atoms with Crippen LogP contribution in [0.2, 0.25) is 0 Å². The van der Waals surface area contributed by atoms with Gasteiger partial charge < -0.3 is 29.9 Å². The Morgan fingerprint density at radius 2 is 1.42 bits per heavy atom. The van der Waals surface area contributed by atoms with E-state index in [-0.39, 0.29) is 0 Å². The molecule has 1 rings (SSSR count). The summed E-state index contributed by atoms with van der Waals surface area (Å²) < 4.78 is 10.9. The van der Waals surface area contributed by atoms with Crippen LogP contribution in [0.1, 0.15) is 71.1 Å². The summed E-state index contributed by atoms with van der Waals surface area (Å²) in [5, 5.41) is 38.4. The monoisotopic (exact) mass is 348 g/mol. The first-order chi connectivity index (χ1) is 11.6. The SMILES string of the molecule is CCCCCCCCCCCCO[C@]1(CO)O[C@H](CO)[C@@H](O)[C@@H]1O. The summed E-state index contributed by atoms with van der Waals surface area (Å²) in [7, 11) is 0. The number of ether oxygens (including phenoxy) is 2. The highest BCUT2D eigenvalue weighted by molar-refractivity contribution is 4.96. The second kappa shape index (κ2) is 12.2. The van der Waals surface area contributed by atoms with Gasteiger partial charge in [-0.3, -0.25) is 0 Å². The lowest BCUT2D eigenvalue weighted by Gasteiger charge is -2.30. The summed E-state index contributed by atoms with van der Waals surface area (Å²) >= 11 is 0. The molecule has 0 aromatic rings. The van der Waals surface area contributed by atoms with Crippen molar-refractivity contribution in [1.82, 2.24) is 0 Å². The van der Waals surface area contributed by atoms with E-state index < -0.39 is 37.3 Å². The summed E-state index contributed by atoms with van der Waals surface area (Å²) in [6, 6.07) is 0. The first-order valence-corrected chi connectivity index (χ1v) is 9.51. The van der Waals surface area contributed by atoms with Crippen molar-refractivity contribution in [1.29, 1.82) is 0 Å². The molecule has 0 aromatic carbocycles. The zero-order valence-electron chi connectivity index (χ0n) is 15.0. The fourth-order valence-electron chi connectivity index (χ4n) is 3.13. The lowest BCUT2D eigenvalue weighted by Crippen LogP contribution is -2.48. The van der Waals surface area contributed by atoms with Crippen molar-refractivity contribution in [3.63, 3.8) is 0 Å². The third kappa shape index (κ3) is 6.58. The molecule has 0 amide bonds. The van der Waals surface area contributed by atoms with Gasteiger partial charge in [0.25, 0.3) is 0 Å². The van der Waals surface area contributed by atoms with Crippen LogP contribution >= 0.6 is 0 Å². The topological polar surface area (TPSA) is 99.4 Å². The van der Waals surface area contributed by atoms with Crippen LogP contribution < -0.4 is 0 Å². The second-order valence-corrected chi connectivity index (χ2v) is 6.77. The van der Waals surface area contributed by atoms with E-state index >= 15 is 0 Å². The number of rotatable bonds is 14. The van der Waals surface area contributed by atoms with Crippen LogP contribution in [-0.4, -0.2) is 64.3 Å². The summed E-state index contributed by atoms with van der Waals surface area (Å²) in [4.78, 5) is 0. The maximum atomic E-state index is 10.00. The average molecular weight is 348 g/mol. The van der Waals surface area contributed by atoms with E-state index in [2.05, 4.69) is 6.92 Å². The molecule has 0 radical (unpaired) electrons. The summed E-state index contributed by atoms with van der Waals surface area (Å²) in [6.45, 7) is 1.59. The molecule has 4 atom stereocenters. The van der Waals surface area contributed by atoms with Crippen LogP contribution in [0.4, 0.5) is 0 Å². The van der Waals surface area contributed by atoms with Crippen molar-refractivity contribution in [2.24, 2.45) is 0 Å². The number of aliphatic hydroxyl groups is 4. The Morgan fingerprint density at radius 1 is 0.875 bits per heavy atom. The highest BCUT2D eigenvalue weighted by Crippen LogP contribution is 2.32. The third-order valence-electron chi connectivity index (χ3n) is 4.75. The zero-order valence-corrected chi connectivity index (χ0v) is 15.0. The van der Waals surface area contributed by atoms with Crippen LogP contribution in [0.3, 0.4) is 0 Å². The number of hydrogen-bond acceptors (Lipinski definition) is 6. The zero-order chi connectivity index (χ0) is 17.8.